The second kappa shape index (κ2) is 10.5. The maximum atomic E-state index is 13.5. The Morgan fingerprint density at radius 1 is 1.12 bits per heavy atom. The van der Waals surface area contributed by atoms with Crippen molar-refractivity contribution in [3.8, 4) is 11.5 Å². The van der Waals surface area contributed by atoms with E-state index < -0.39 is 23.5 Å². The van der Waals surface area contributed by atoms with Gasteiger partial charge in [-0.05, 0) is 29.8 Å². The molecule has 2 aliphatic rings. The first-order chi connectivity index (χ1) is 16.4. The van der Waals surface area contributed by atoms with Crippen LogP contribution in [0.4, 0.5) is 0 Å². The number of morpholine rings is 1. The molecular formula is C25H27ClN2O6. The van der Waals surface area contributed by atoms with Gasteiger partial charge < -0.3 is 29.1 Å². The van der Waals surface area contributed by atoms with E-state index in [4.69, 9.17) is 25.8 Å². The molecule has 2 fully saturated rings. The van der Waals surface area contributed by atoms with Crippen molar-refractivity contribution in [2.24, 2.45) is 0 Å². The van der Waals surface area contributed by atoms with E-state index in [1.165, 1.54) is 24.0 Å². The Balaban J connectivity index is 1.79. The average Bonchev–Trinajstić information content (AvgIpc) is 3.12. The fourth-order valence-corrected chi connectivity index (χ4v) is 4.54. The third-order valence-corrected chi connectivity index (χ3v) is 6.53. The number of Topliss-reactive ketones (excluding diaryl/α,β-unsaturated/α-hetero) is 1. The van der Waals surface area contributed by atoms with Gasteiger partial charge in [-0.2, -0.15) is 0 Å². The van der Waals surface area contributed by atoms with Gasteiger partial charge in [0.2, 0.25) is 5.78 Å². The summed E-state index contributed by atoms with van der Waals surface area (Å²) in [4.78, 5) is 29.1. The van der Waals surface area contributed by atoms with Crippen LogP contribution < -0.4 is 19.5 Å². The lowest BCUT2D eigenvalue weighted by Gasteiger charge is -2.30. The molecule has 0 aromatic heterocycles. The molecule has 0 spiro atoms. The van der Waals surface area contributed by atoms with E-state index in [0.717, 1.165) is 13.1 Å². The summed E-state index contributed by atoms with van der Waals surface area (Å²) < 4.78 is 16.3. The smallest absolute Gasteiger partial charge is 0.295 e. The topological polar surface area (TPSA) is 92.6 Å². The molecule has 34 heavy (non-hydrogen) atoms. The Hall–Kier alpha value is -3.07. The quantitative estimate of drug-likeness (QED) is 0.348. The Kier molecular flexibility index (Phi) is 7.41. The molecule has 1 N–H and O–H groups in total. The van der Waals surface area contributed by atoms with Gasteiger partial charge in [0.05, 0.1) is 46.6 Å². The van der Waals surface area contributed by atoms with Gasteiger partial charge in [0, 0.05) is 22.2 Å². The zero-order valence-electron chi connectivity index (χ0n) is 19.1. The minimum absolute atomic E-state index is 0.0900. The fourth-order valence-electron chi connectivity index (χ4n) is 4.41. The van der Waals surface area contributed by atoms with Crippen LogP contribution in [-0.4, -0.2) is 70.2 Å². The molecule has 180 valence electrons. The molecule has 4 rings (SSSR count). The molecule has 2 heterocycles. The van der Waals surface area contributed by atoms with Gasteiger partial charge in [0.15, 0.2) is 0 Å². The van der Waals surface area contributed by atoms with Gasteiger partial charge in [0.25, 0.3) is 5.91 Å². The van der Waals surface area contributed by atoms with Crippen LogP contribution in [0.1, 0.15) is 17.2 Å². The van der Waals surface area contributed by atoms with E-state index in [-0.39, 0.29) is 5.57 Å². The number of carbonyl (C=O) groups excluding carboxylic acids is 2. The van der Waals surface area contributed by atoms with Crippen molar-refractivity contribution in [2.75, 3.05) is 53.6 Å². The number of carbonyl (C=O) groups is 2. The summed E-state index contributed by atoms with van der Waals surface area (Å²) in [5.41, 5.74) is 0.753. The molecule has 8 nitrogen and oxygen atoms in total. The molecule has 0 aliphatic carbocycles. The highest BCUT2D eigenvalue weighted by molar-refractivity contribution is 6.46. The van der Waals surface area contributed by atoms with Crippen molar-refractivity contribution in [1.82, 2.24) is 4.90 Å². The van der Waals surface area contributed by atoms with Gasteiger partial charge in [-0.1, -0.05) is 29.5 Å². The number of quaternary nitrogens is 1. The van der Waals surface area contributed by atoms with Gasteiger partial charge in [-0.25, -0.2) is 0 Å². The zero-order chi connectivity index (χ0) is 24.2. The number of nitrogens with one attached hydrogen (secondary N) is 1. The number of hydrogen-bond acceptors (Lipinski definition) is 6. The first-order valence-electron chi connectivity index (χ1n) is 11.1. The Morgan fingerprint density at radius 2 is 1.82 bits per heavy atom. The first-order valence-corrected chi connectivity index (χ1v) is 11.5. The Morgan fingerprint density at radius 3 is 2.47 bits per heavy atom. The third-order valence-electron chi connectivity index (χ3n) is 6.28. The predicted octanol–water partition coefficient (Wildman–Crippen LogP) is 0.496. The number of halogens is 1. The normalized spacial score (nSPS) is 20.6. The average molecular weight is 487 g/mol. The van der Waals surface area contributed by atoms with Gasteiger partial charge >= 0.3 is 0 Å². The van der Waals surface area contributed by atoms with Crippen molar-refractivity contribution < 1.29 is 33.8 Å². The first kappa shape index (κ1) is 24.1. The number of rotatable bonds is 7. The molecule has 1 atom stereocenters. The van der Waals surface area contributed by atoms with Crippen LogP contribution in [0.25, 0.3) is 5.76 Å². The fraction of sp³-hybridized carbons (Fsp3) is 0.360. The summed E-state index contributed by atoms with van der Waals surface area (Å²) in [7, 11) is 3.04. The molecule has 1 unspecified atom stereocenters. The molecule has 2 saturated heterocycles. The third kappa shape index (κ3) is 4.75. The lowest BCUT2D eigenvalue weighted by atomic mass is 9.94. The Labute approximate surface area is 203 Å². The minimum Gasteiger partial charge on any atom is -0.872 e. The van der Waals surface area contributed by atoms with Crippen LogP contribution in [0.2, 0.25) is 5.02 Å². The van der Waals surface area contributed by atoms with Crippen LogP contribution >= 0.6 is 11.6 Å². The standard InChI is InChI=1S/C25H27ClN2O6/c1-32-18-7-8-19(20(15-18)33-2)22-21(23(29)16-3-5-17(26)6-4-16)24(30)25(31)28(22)10-9-27-11-13-34-14-12-27/h3-8,15,22,29H,9-14H2,1-2H3/b23-21+. The van der Waals surface area contributed by atoms with Crippen LogP contribution in [0.5, 0.6) is 11.5 Å². The number of nitrogens with zero attached hydrogens (tertiary/aromatic N) is 1. The lowest BCUT2D eigenvalue weighted by Crippen LogP contribution is -3.14. The van der Waals surface area contributed by atoms with E-state index in [0.29, 0.717) is 54.0 Å². The van der Waals surface area contributed by atoms with Crippen LogP contribution in [-0.2, 0) is 14.3 Å². The molecule has 9 heteroatoms. The summed E-state index contributed by atoms with van der Waals surface area (Å²) in [6.45, 7) is 3.92. The van der Waals surface area contributed by atoms with Crippen LogP contribution in [0.15, 0.2) is 48.0 Å². The number of ketones is 1. The molecule has 2 aliphatic heterocycles. The second-order valence-corrected chi connectivity index (χ2v) is 8.64. The number of hydrogen-bond donors (Lipinski definition) is 1. The molecule has 2 aromatic rings. The SMILES string of the molecule is COc1ccc(C2/C(=C(\[O-])c3ccc(Cl)cc3)C(=O)C(=O)N2CC[NH+]2CCOCC2)c(OC)c1. The van der Waals surface area contributed by atoms with Crippen LogP contribution in [0, 0.1) is 0 Å². The second-order valence-electron chi connectivity index (χ2n) is 8.20. The molecule has 0 saturated carbocycles. The zero-order valence-corrected chi connectivity index (χ0v) is 19.9. The summed E-state index contributed by atoms with van der Waals surface area (Å²) in [6, 6.07) is 10.5. The van der Waals surface area contributed by atoms with Crippen molar-refractivity contribution in [1.29, 1.82) is 0 Å². The highest BCUT2D eigenvalue weighted by Crippen LogP contribution is 2.43. The number of ether oxygens (including phenoxy) is 3. The van der Waals surface area contributed by atoms with E-state index in [1.54, 1.807) is 42.5 Å². The van der Waals surface area contributed by atoms with Crippen LogP contribution in [0.3, 0.4) is 0 Å². The summed E-state index contributed by atoms with van der Waals surface area (Å²) in [5.74, 6) is -0.991. The highest BCUT2D eigenvalue weighted by atomic mass is 35.5. The predicted molar refractivity (Wildman–Crippen MR) is 124 cm³/mol. The summed E-state index contributed by atoms with van der Waals surface area (Å²) in [6.07, 6.45) is 0. The molecular weight excluding hydrogens is 460 g/mol. The van der Waals surface area contributed by atoms with Crippen molar-refractivity contribution in [2.45, 2.75) is 6.04 Å². The highest BCUT2D eigenvalue weighted by Gasteiger charge is 2.45. The van der Waals surface area contributed by atoms with Crippen molar-refractivity contribution in [3.05, 3.63) is 64.2 Å². The molecule has 2 aromatic carbocycles. The summed E-state index contributed by atoms with van der Waals surface area (Å²) in [5, 5.41) is 14.0. The van der Waals surface area contributed by atoms with E-state index in [9.17, 15) is 14.7 Å². The lowest BCUT2D eigenvalue weighted by molar-refractivity contribution is -0.907. The number of amides is 1. The number of methoxy groups -OCH3 is 2. The monoisotopic (exact) mass is 486 g/mol. The van der Waals surface area contributed by atoms with E-state index >= 15 is 0 Å². The van der Waals surface area contributed by atoms with E-state index in [1.807, 2.05) is 0 Å². The Bertz CT molecular complexity index is 1100. The van der Waals surface area contributed by atoms with Crippen molar-refractivity contribution in [3.63, 3.8) is 0 Å². The number of benzene rings is 2. The molecule has 0 bridgehead atoms. The number of likely N-dealkylation sites (tertiary alicyclic amines) is 1. The van der Waals surface area contributed by atoms with Crippen molar-refractivity contribution >= 4 is 29.1 Å². The maximum Gasteiger partial charge on any atom is 0.295 e. The summed E-state index contributed by atoms with van der Waals surface area (Å²) >= 11 is 5.97. The van der Waals surface area contributed by atoms with Gasteiger partial charge in [0.1, 0.15) is 24.6 Å². The largest absolute Gasteiger partial charge is 0.872 e. The van der Waals surface area contributed by atoms with E-state index in [2.05, 4.69) is 0 Å². The van der Waals surface area contributed by atoms with Gasteiger partial charge in [-0.15, -0.1) is 0 Å². The van der Waals surface area contributed by atoms with Gasteiger partial charge in [-0.3, -0.25) is 9.59 Å². The maximum absolute atomic E-state index is 13.5. The molecule has 0 radical (unpaired) electrons. The molecule has 1 amide bonds. The minimum atomic E-state index is -0.871.